The first-order chi connectivity index (χ1) is 19.5. The van der Waals surface area contributed by atoms with Crippen LogP contribution in [0.1, 0.15) is 55.7 Å². The van der Waals surface area contributed by atoms with Crippen LogP contribution in [0.4, 0.5) is 0 Å². The molecular formula is C33H39BrN2O4. The van der Waals surface area contributed by atoms with E-state index in [9.17, 15) is 9.59 Å². The number of amides is 2. The Kier molecular flexibility index (Phi) is 11.0. The minimum Gasteiger partial charge on any atom is -0.497 e. The second-order valence-corrected chi connectivity index (χ2v) is 11.2. The fourth-order valence-electron chi connectivity index (χ4n) is 5.17. The van der Waals surface area contributed by atoms with E-state index >= 15 is 0 Å². The van der Waals surface area contributed by atoms with Gasteiger partial charge >= 0.3 is 0 Å². The molecule has 0 saturated heterocycles. The molecule has 0 aliphatic heterocycles. The van der Waals surface area contributed by atoms with Gasteiger partial charge in [0.05, 0.1) is 11.6 Å². The third-order valence-electron chi connectivity index (χ3n) is 7.47. The van der Waals surface area contributed by atoms with Crippen molar-refractivity contribution in [2.24, 2.45) is 0 Å². The topological polar surface area (TPSA) is 67.9 Å². The lowest BCUT2D eigenvalue weighted by Gasteiger charge is -2.33. The maximum atomic E-state index is 13.9. The number of benzene rings is 3. The highest BCUT2D eigenvalue weighted by Crippen LogP contribution is 2.27. The second kappa shape index (κ2) is 14.9. The molecule has 1 aliphatic rings. The van der Waals surface area contributed by atoms with Crippen LogP contribution in [0.5, 0.6) is 11.5 Å². The first-order valence-corrected chi connectivity index (χ1v) is 14.9. The molecule has 1 fully saturated rings. The average Bonchev–Trinajstić information content (AvgIpc) is 2.99. The fourth-order valence-corrected chi connectivity index (χ4v) is 5.71. The number of methoxy groups -OCH3 is 1. The monoisotopic (exact) mass is 606 g/mol. The first kappa shape index (κ1) is 29.7. The van der Waals surface area contributed by atoms with Crippen molar-refractivity contribution in [1.82, 2.24) is 10.2 Å². The Morgan fingerprint density at radius 2 is 1.70 bits per heavy atom. The summed E-state index contributed by atoms with van der Waals surface area (Å²) in [6.45, 7) is 2.16. The lowest BCUT2D eigenvalue weighted by molar-refractivity contribution is -0.143. The van der Waals surface area contributed by atoms with E-state index in [-0.39, 0.29) is 31.0 Å². The summed E-state index contributed by atoms with van der Waals surface area (Å²) in [4.78, 5) is 29.5. The second-order valence-electron chi connectivity index (χ2n) is 10.3. The summed E-state index contributed by atoms with van der Waals surface area (Å²) in [6.07, 6.45) is 6.68. The molecule has 0 heterocycles. The highest BCUT2D eigenvalue weighted by atomic mass is 79.9. The van der Waals surface area contributed by atoms with Crippen LogP contribution >= 0.6 is 15.9 Å². The molecule has 3 aromatic carbocycles. The number of carbonyl (C=O) groups excluding carboxylic acids is 2. The molecule has 1 saturated carbocycles. The van der Waals surface area contributed by atoms with E-state index in [1.54, 1.807) is 12.0 Å². The minimum atomic E-state index is -0.697. The molecule has 1 atom stereocenters. The molecule has 0 bridgehead atoms. The molecule has 3 aromatic rings. The minimum absolute atomic E-state index is 0.125. The Morgan fingerprint density at radius 3 is 2.40 bits per heavy atom. The van der Waals surface area contributed by atoms with Crippen molar-refractivity contribution < 1.29 is 19.1 Å². The molecular weight excluding hydrogens is 568 g/mol. The number of aryl methyl sites for hydroxylation is 1. The summed E-state index contributed by atoms with van der Waals surface area (Å²) in [5.74, 6) is 0.917. The van der Waals surface area contributed by atoms with Crippen molar-refractivity contribution >= 4 is 27.7 Å². The van der Waals surface area contributed by atoms with Crippen LogP contribution in [-0.2, 0) is 29.0 Å². The molecule has 1 aliphatic carbocycles. The van der Waals surface area contributed by atoms with Crippen LogP contribution < -0.4 is 14.8 Å². The number of hydrogen-bond donors (Lipinski definition) is 1. The van der Waals surface area contributed by atoms with E-state index in [2.05, 4.69) is 28.2 Å². The fraction of sp³-hybridized carbons (Fsp3) is 0.394. The molecule has 0 spiro atoms. The molecule has 6 nitrogen and oxygen atoms in total. The van der Waals surface area contributed by atoms with Gasteiger partial charge in [-0.3, -0.25) is 9.59 Å². The van der Waals surface area contributed by atoms with E-state index in [1.807, 2.05) is 72.8 Å². The Hall–Kier alpha value is -3.32. The summed E-state index contributed by atoms with van der Waals surface area (Å²) in [5.41, 5.74) is 3.05. The van der Waals surface area contributed by atoms with Gasteiger partial charge in [-0.15, -0.1) is 0 Å². The SMILES string of the molecule is CCc1ccc(OCC(=O)N(Cc2cccc(OC)c2)C(Cc2ccccc2)C(=O)NC2CCCCC2)c(Br)c1. The third-order valence-corrected chi connectivity index (χ3v) is 8.09. The summed E-state index contributed by atoms with van der Waals surface area (Å²) in [6, 6.07) is 22.8. The zero-order chi connectivity index (χ0) is 28.3. The zero-order valence-corrected chi connectivity index (χ0v) is 25.0. The predicted molar refractivity (Wildman–Crippen MR) is 162 cm³/mol. The molecule has 212 valence electrons. The highest BCUT2D eigenvalue weighted by Gasteiger charge is 2.32. The van der Waals surface area contributed by atoms with Crippen LogP contribution in [-0.4, -0.2) is 42.5 Å². The number of carbonyl (C=O) groups is 2. The van der Waals surface area contributed by atoms with Gasteiger partial charge in [-0.05, 0) is 76.1 Å². The van der Waals surface area contributed by atoms with Gasteiger partial charge in [0.25, 0.3) is 5.91 Å². The van der Waals surface area contributed by atoms with Crippen LogP contribution in [0.15, 0.2) is 77.3 Å². The van der Waals surface area contributed by atoms with Gasteiger partial charge in [-0.25, -0.2) is 0 Å². The van der Waals surface area contributed by atoms with Gasteiger partial charge < -0.3 is 19.7 Å². The van der Waals surface area contributed by atoms with Crippen molar-refractivity contribution in [3.63, 3.8) is 0 Å². The normalized spacial score (nSPS) is 14.3. The summed E-state index contributed by atoms with van der Waals surface area (Å²) in [7, 11) is 1.62. The van der Waals surface area contributed by atoms with Crippen molar-refractivity contribution in [3.05, 3.63) is 94.0 Å². The molecule has 4 rings (SSSR count). The Morgan fingerprint density at radius 1 is 0.950 bits per heavy atom. The van der Waals surface area contributed by atoms with Crippen molar-refractivity contribution in [2.45, 2.75) is 70.5 Å². The van der Waals surface area contributed by atoms with E-state index < -0.39 is 6.04 Å². The highest BCUT2D eigenvalue weighted by molar-refractivity contribution is 9.10. The maximum absolute atomic E-state index is 13.9. The van der Waals surface area contributed by atoms with Gasteiger partial charge in [-0.1, -0.05) is 74.7 Å². The summed E-state index contributed by atoms with van der Waals surface area (Å²) >= 11 is 3.57. The lowest BCUT2D eigenvalue weighted by Crippen LogP contribution is -2.53. The smallest absolute Gasteiger partial charge is 0.261 e. The van der Waals surface area contributed by atoms with E-state index in [1.165, 1.54) is 12.0 Å². The third kappa shape index (κ3) is 8.34. The van der Waals surface area contributed by atoms with E-state index in [0.717, 1.165) is 47.7 Å². The van der Waals surface area contributed by atoms with Gasteiger partial charge in [0, 0.05) is 19.0 Å². The molecule has 1 unspecified atom stereocenters. The van der Waals surface area contributed by atoms with E-state index in [0.29, 0.717) is 17.9 Å². The Labute approximate surface area is 246 Å². The lowest BCUT2D eigenvalue weighted by atomic mass is 9.94. The van der Waals surface area contributed by atoms with Crippen molar-refractivity contribution in [1.29, 1.82) is 0 Å². The Bertz CT molecular complexity index is 1260. The molecule has 1 N–H and O–H groups in total. The van der Waals surface area contributed by atoms with E-state index in [4.69, 9.17) is 9.47 Å². The first-order valence-electron chi connectivity index (χ1n) is 14.1. The van der Waals surface area contributed by atoms with Crippen molar-refractivity contribution in [3.8, 4) is 11.5 Å². The van der Waals surface area contributed by atoms with Crippen molar-refractivity contribution in [2.75, 3.05) is 13.7 Å². The van der Waals surface area contributed by atoms with Crippen LogP contribution in [0.3, 0.4) is 0 Å². The molecule has 0 radical (unpaired) electrons. The maximum Gasteiger partial charge on any atom is 0.261 e. The van der Waals surface area contributed by atoms with Crippen LogP contribution in [0.25, 0.3) is 0 Å². The number of rotatable bonds is 12. The molecule has 40 heavy (non-hydrogen) atoms. The summed E-state index contributed by atoms with van der Waals surface area (Å²) in [5, 5.41) is 3.27. The quantitative estimate of drug-likeness (QED) is 0.256. The molecule has 7 heteroatoms. The Balaban J connectivity index is 1.62. The van der Waals surface area contributed by atoms with Gasteiger partial charge in [0.15, 0.2) is 6.61 Å². The van der Waals surface area contributed by atoms with Gasteiger partial charge in [-0.2, -0.15) is 0 Å². The number of nitrogens with zero attached hydrogens (tertiary/aromatic N) is 1. The number of ether oxygens (including phenoxy) is 2. The van der Waals surface area contributed by atoms with Crippen LogP contribution in [0.2, 0.25) is 0 Å². The summed E-state index contributed by atoms with van der Waals surface area (Å²) < 4.78 is 12.2. The predicted octanol–water partition coefficient (Wildman–Crippen LogP) is 6.49. The molecule has 0 aromatic heterocycles. The standard InChI is InChI=1S/C33H39BrN2O4/c1-3-24-17-18-31(29(34)20-24)40-23-32(37)36(22-26-13-10-16-28(19-26)39-2)30(21-25-11-6-4-7-12-25)33(38)35-27-14-8-5-9-15-27/h4,6-7,10-13,16-20,27,30H,3,5,8-9,14-15,21-23H2,1-2H3,(H,35,38). The zero-order valence-electron chi connectivity index (χ0n) is 23.4. The largest absolute Gasteiger partial charge is 0.497 e. The number of hydrogen-bond acceptors (Lipinski definition) is 4. The van der Waals surface area contributed by atoms with Gasteiger partial charge in [0.1, 0.15) is 17.5 Å². The van der Waals surface area contributed by atoms with Gasteiger partial charge in [0.2, 0.25) is 5.91 Å². The van der Waals surface area contributed by atoms with Crippen LogP contribution in [0, 0.1) is 0 Å². The molecule has 2 amide bonds. The average molecular weight is 608 g/mol. The number of halogens is 1. The number of nitrogens with one attached hydrogen (secondary N) is 1.